The Hall–Kier alpha value is -0.990. The van der Waals surface area contributed by atoms with Crippen LogP contribution in [0.2, 0.25) is 0 Å². The van der Waals surface area contributed by atoms with Crippen molar-refractivity contribution in [2.75, 3.05) is 5.75 Å². The van der Waals surface area contributed by atoms with Crippen LogP contribution in [0.15, 0.2) is 0 Å². The molecule has 0 aromatic rings. The molecular formula is C10H10ClF10NO3S. The molecule has 0 heterocycles. The van der Waals surface area contributed by atoms with Crippen LogP contribution in [0.4, 0.5) is 43.9 Å². The monoisotopic (exact) mass is 449 g/mol. The van der Waals surface area contributed by atoms with Gasteiger partial charge in [0.1, 0.15) is 0 Å². The Balaban J connectivity index is 5.55. The van der Waals surface area contributed by atoms with E-state index in [4.69, 9.17) is 11.6 Å². The topological polar surface area (TPSA) is 77.2 Å². The third kappa shape index (κ3) is 5.27. The average Bonchev–Trinajstić information content (AvgIpc) is 2.40. The molecule has 26 heavy (non-hydrogen) atoms. The SMILES string of the molecule is NC(=O)C(Cl)(CCC(F)(F)C(F)(F)F)S(=O)(=O)CCC(F)(F)C(F)(F)F. The Morgan fingerprint density at radius 3 is 1.42 bits per heavy atom. The van der Waals surface area contributed by atoms with Crippen molar-refractivity contribution in [2.45, 2.75) is 47.7 Å². The van der Waals surface area contributed by atoms with Crippen molar-refractivity contribution in [2.24, 2.45) is 5.73 Å². The van der Waals surface area contributed by atoms with Crippen LogP contribution in [-0.2, 0) is 14.6 Å². The summed E-state index contributed by atoms with van der Waals surface area (Å²) in [6.07, 6.45) is -19.1. The third-order valence-electron chi connectivity index (χ3n) is 3.14. The lowest BCUT2D eigenvalue weighted by atomic mass is 10.1. The van der Waals surface area contributed by atoms with Gasteiger partial charge in [0.2, 0.25) is 4.21 Å². The number of alkyl halides is 11. The van der Waals surface area contributed by atoms with Crippen LogP contribution in [0.5, 0.6) is 0 Å². The second-order valence-corrected chi connectivity index (χ2v) is 8.27. The molecule has 1 unspecified atom stereocenters. The number of carbonyl (C=O) groups is 1. The first kappa shape index (κ1) is 25.0. The number of hydrogen-bond donors (Lipinski definition) is 1. The number of amides is 1. The van der Waals surface area contributed by atoms with Gasteiger partial charge in [-0.15, -0.1) is 0 Å². The van der Waals surface area contributed by atoms with E-state index >= 15 is 0 Å². The molecule has 156 valence electrons. The van der Waals surface area contributed by atoms with E-state index in [1.165, 1.54) is 0 Å². The summed E-state index contributed by atoms with van der Waals surface area (Å²) < 4.78 is 143. The predicted molar refractivity (Wildman–Crippen MR) is 67.4 cm³/mol. The van der Waals surface area contributed by atoms with E-state index < -0.39 is 69.2 Å². The third-order valence-corrected chi connectivity index (χ3v) is 6.35. The smallest absolute Gasteiger partial charge is 0.367 e. The van der Waals surface area contributed by atoms with Crippen LogP contribution in [0.3, 0.4) is 0 Å². The Bertz CT molecular complexity index is 630. The summed E-state index contributed by atoms with van der Waals surface area (Å²) >= 11 is 5.18. The van der Waals surface area contributed by atoms with Crippen molar-refractivity contribution in [3.8, 4) is 0 Å². The highest BCUT2D eigenvalue weighted by Crippen LogP contribution is 2.43. The number of halogens is 11. The zero-order chi connectivity index (χ0) is 21.4. The van der Waals surface area contributed by atoms with Gasteiger partial charge in [-0.2, -0.15) is 43.9 Å². The summed E-state index contributed by atoms with van der Waals surface area (Å²) in [5.74, 6) is -15.4. The second kappa shape index (κ2) is 7.20. The van der Waals surface area contributed by atoms with Gasteiger partial charge in [-0.1, -0.05) is 11.6 Å². The first-order valence-electron chi connectivity index (χ1n) is 6.21. The Morgan fingerprint density at radius 2 is 1.12 bits per heavy atom. The van der Waals surface area contributed by atoms with E-state index in [2.05, 4.69) is 5.73 Å². The molecule has 0 aromatic heterocycles. The van der Waals surface area contributed by atoms with E-state index in [0.29, 0.717) is 0 Å². The van der Waals surface area contributed by atoms with E-state index in [1.54, 1.807) is 0 Å². The van der Waals surface area contributed by atoms with E-state index in [0.717, 1.165) is 0 Å². The van der Waals surface area contributed by atoms with Gasteiger partial charge in [0, 0.05) is 12.8 Å². The summed E-state index contributed by atoms with van der Waals surface area (Å²) in [5, 5.41) is 0. The zero-order valence-corrected chi connectivity index (χ0v) is 13.8. The lowest BCUT2D eigenvalue weighted by Crippen LogP contribution is -2.50. The maximum atomic E-state index is 12.8. The minimum absolute atomic E-state index is 1.98. The van der Waals surface area contributed by atoms with Crippen molar-refractivity contribution < 1.29 is 57.1 Å². The van der Waals surface area contributed by atoms with Gasteiger partial charge in [0.05, 0.1) is 5.75 Å². The van der Waals surface area contributed by atoms with Crippen molar-refractivity contribution in [1.29, 1.82) is 0 Å². The van der Waals surface area contributed by atoms with Gasteiger partial charge in [0.25, 0.3) is 5.91 Å². The molecule has 0 fully saturated rings. The Labute approximate surface area is 144 Å². The normalized spacial score (nSPS) is 17.0. The number of primary amides is 1. The van der Waals surface area contributed by atoms with Crippen LogP contribution in [0.1, 0.15) is 19.3 Å². The maximum absolute atomic E-state index is 12.8. The summed E-state index contributed by atoms with van der Waals surface area (Å²) in [7, 11) is -5.57. The molecule has 1 amide bonds. The highest BCUT2D eigenvalue weighted by Gasteiger charge is 2.61. The van der Waals surface area contributed by atoms with Crippen LogP contribution >= 0.6 is 11.6 Å². The predicted octanol–water partition coefficient (Wildman–Crippen LogP) is 3.39. The first-order chi connectivity index (χ1) is 11.1. The van der Waals surface area contributed by atoms with Crippen molar-refractivity contribution >= 4 is 27.3 Å². The van der Waals surface area contributed by atoms with Gasteiger partial charge in [-0.25, -0.2) is 8.42 Å². The molecule has 16 heteroatoms. The molecule has 0 radical (unpaired) electrons. The van der Waals surface area contributed by atoms with Gasteiger partial charge in [-0.05, 0) is 6.42 Å². The lowest BCUT2D eigenvalue weighted by molar-refractivity contribution is -0.284. The molecule has 4 nitrogen and oxygen atoms in total. The molecule has 0 aliphatic rings. The van der Waals surface area contributed by atoms with Crippen LogP contribution in [0.25, 0.3) is 0 Å². The van der Waals surface area contributed by atoms with Gasteiger partial charge in [-0.3, -0.25) is 4.79 Å². The van der Waals surface area contributed by atoms with Gasteiger partial charge < -0.3 is 5.73 Å². The van der Waals surface area contributed by atoms with E-state index in [1.807, 2.05) is 0 Å². The molecule has 0 saturated heterocycles. The van der Waals surface area contributed by atoms with E-state index in [9.17, 15) is 57.1 Å². The van der Waals surface area contributed by atoms with Crippen molar-refractivity contribution in [3.63, 3.8) is 0 Å². The van der Waals surface area contributed by atoms with Crippen molar-refractivity contribution in [1.82, 2.24) is 0 Å². The van der Waals surface area contributed by atoms with Gasteiger partial charge in [0.15, 0.2) is 9.84 Å². The fraction of sp³-hybridized carbons (Fsp3) is 0.900. The highest BCUT2D eigenvalue weighted by molar-refractivity contribution is 7.95. The summed E-state index contributed by atoms with van der Waals surface area (Å²) in [5.41, 5.74) is 4.53. The molecule has 0 aliphatic carbocycles. The molecular weight excluding hydrogens is 440 g/mol. The highest BCUT2D eigenvalue weighted by atomic mass is 35.5. The fourth-order valence-electron chi connectivity index (χ4n) is 1.46. The fourth-order valence-corrected chi connectivity index (χ4v) is 3.35. The van der Waals surface area contributed by atoms with E-state index in [-0.39, 0.29) is 0 Å². The number of nitrogens with two attached hydrogens (primary N) is 1. The summed E-state index contributed by atoms with van der Waals surface area (Å²) in [4.78, 5) is 11.1. The molecule has 0 bridgehead atoms. The Morgan fingerprint density at radius 1 is 0.769 bits per heavy atom. The molecule has 0 rings (SSSR count). The number of rotatable bonds is 8. The minimum atomic E-state index is -6.17. The second-order valence-electron chi connectivity index (χ2n) is 5.07. The van der Waals surface area contributed by atoms with Gasteiger partial charge >= 0.3 is 24.2 Å². The Kier molecular flexibility index (Phi) is 6.93. The number of sulfone groups is 1. The minimum Gasteiger partial charge on any atom is -0.367 e. The number of hydrogen-bond acceptors (Lipinski definition) is 3. The number of carbonyl (C=O) groups excluding carboxylic acids is 1. The molecule has 0 saturated carbocycles. The molecule has 0 spiro atoms. The molecule has 2 N–H and O–H groups in total. The standard InChI is InChI=1S/C10H10ClF10NO3S/c11-6(5(22)23,1-2-7(12,13)9(16,17)18)26(24,25)4-3-8(14,15)10(19,20)21/h1-4H2,(H2,22,23). The lowest BCUT2D eigenvalue weighted by Gasteiger charge is -2.27. The molecule has 1 atom stereocenters. The molecule has 0 aromatic carbocycles. The zero-order valence-electron chi connectivity index (χ0n) is 12.2. The summed E-state index contributed by atoms with van der Waals surface area (Å²) in [6, 6.07) is 0. The maximum Gasteiger partial charge on any atom is 0.453 e. The quantitative estimate of drug-likeness (QED) is 0.456. The van der Waals surface area contributed by atoms with Crippen molar-refractivity contribution in [3.05, 3.63) is 0 Å². The largest absolute Gasteiger partial charge is 0.453 e. The first-order valence-corrected chi connectivity index (χ1v) is 8.24. The van der Waals surface area contributed by atoms with Crippen LogP contribution in [0, 0.1) is 0 Å². The van der Waals surface area contributed by atoms with Crippen LogP contribution in [-0.4, -0.2) is 48.5 Å². The average molecular weight is 450 g/mol. The summed E-state index contributed by atoms with van der Waals surface area (Å²) in [6.45, 7) is 0. The van der Waals surface area contributed by atoms with Crippen LogP contribution < -0.4 is 5.73 Å². The molecule has 0 aliphatic heterocycles.